The monoisotopic (exact) mass is 464 g/mol. The molecule has 2 aliphatic carbocycles. The number of nitrogens with one attached hydrogen (secondary N) is 1. The minimum absolute atomic E-state index is 0.116. The number of carbonyl (C=O) groups is 1. The van der Waals surface area contributed by atoms with Gasteiger partial charge >= 0.3 is 0 Å². The van der Waals surface area contributed by atoms with E-state index in [1.165, 1.54) is 4.31 Å². The van der Waals surface area contributed by atoms with Crippen LogP contribution in [-0.2, 0) is 21.4 Å². The van der Waals surface area contributed by atoms with Crippen LogP contribution in [0.4, 0.5) is 0 Å². The van der Waals surface area contributed by atoms with Crippen molar-refractivity contribution in [3.05, 3.63) is 89.8 Å². The number of hydrogen-bond donors (Lipinski definition) is 1. The van der Waals surface area contributed by atoms with Crippen molar-refractivity contribution in [2.75, 3.05) is 7.05 Å². The number of aryl methyl sites for hydroxylation is 1. The molecule has 1 heterocycles. The molecule has 0 amide bonds. The summed E-state index contributed by atoms with van der Waals surface area (Å²) in [6.45, 7) is 2.54. The molecule has 1 saturated carbocycles. The van der Waals surface area contributed by atoms with Gasteiger partial charge in [0.25, 0.3) is 0 Å². The van der Waals surface area contributed by atoms with Gasteiger partial charge in [-0.25, -0.2) is 8.42 Å². The van der Waals surface area contributed by atoms with E-state index in [1.807, 2.05) is 37.6 Å². The average molecular weight is 465 g/mol. The average Bonchev–Trinajstić information content (AvgIpc) is 3.34. The second-order valence-electron chi connectivity index (χ2n) is 8.76. The molecule has 0 spiro atoms. The van der Waals surface area contributed by atoms with Crippen molar-refractivity contribution < 1.29 is 13.2 Å². The number of allylic oxidation sites excluding steroid dienone is 2. The summed E-state index contributed by atoms with van der Waals surface area (Å²) < 4.78 is 28.3. The van der Waals surface area contributed by atoms with Gasteiger partial charge < -0.3 is 5.32 Å². The zero-order valence-corrected chi connectivity index (χ0v) is 19.9. The number of nitrogens with zero attached hydrogens (tertiary/aromatic N) is 2. The van der Waals surface area contributed by atoms with Crippen LogP contribution in [0.3, 0.4) is 0 Å². The summed E-state index contributed by atoms with van der Waals surface area (Å²) in [4.78, 5) is 18.1. The number of hydrogen-bond acceptors (Lipinski definition) is 5. The second kappa shape index (κ2) is 9.61. The summed E-state index contributed by atoms with van der Waals surface area (Å²) in [5.41, 5.74) is 2.47. The lowest BCUT2D eigenvalue weighted by Gasteiger charge is -2.37. The number of aromatic nitrogens is 1. The van der Waals surface area contributed by atoms with Crippen LogP contribution in [0.15, 0.2) is 77.1 Å². The van der Waals surface area contributed by atoms with Gasteiger partial charge in [-0.2, -0.15) is 4.31 Å². The van der Waals surface area contributed by atoms with Gasteiger partial charge in [0, 0.05) is 37.3 Å². The van der Waals surface area contributed by atoms with Crippen LogP contribution in [-0.4, -0.2) is 36.1 Å². The van der Waals surface area contributed by atoms with E-state index in [1.54, 1.807) is 43.7 Å². The van der Waals surface area contributed by atoms with E-state index in [0.29, 0.717) is 31.4 Å². The standard InChI is InChI=1S/C26H30N3O3S/c1-20-8-10-24(11-9-20)33(31,32)29(2)26(14-3-4-15-26)25(30)22-6-5-7-23(18-22)28-19-21-12-16-27-17-13-21/h6-13,16-18,28H,3-5,14-15,19H2,1-2H3. The molecule has 6 nitrogen and oxygen atoms in total. The van der Waals surface area contributed by atoms with Gasteiger partial charge in [-0.05, 0) is 68.5 Å². The van der Waals surface area contributed by atoms with Gasteiger partial charge in [-0.3, -0.25) is 9.78 Å². The number of benzene rings is 1. The molecule has 2 aromatic rings. The third-order valence-electron chi connectivity index (χ3n) is 6.63. The largest absolute Gasteiger partial charge is 0.381 e. The first kappa shape index (κ1) is 23.4. The molecule has 0 aliphatic heterocycles. The molecule has 1 radical (unpaired) electrons. The van der Waals surface area contributed by atoms with E-state index in [0.717, 1.165) is 29.7 Å². The third-order valence-corrected chi connectivity index (χ3v) is 8.57. The molecule has 2 aliphatic rings. The zero-order valence-electron chi connectivity index (χ0n) is 19.1. The number of Topliss-reactive ketones (excluding diaryl/α,β-unsaturated/α-hetero) is 1. The third kappa shape index (κ3) is 4.80. The van der Waals surface area contributed by atoms with Gasteiger partial charge in [0.1, 0.15) is 0 Å². The topological polar surface area (TPSA) is 79.4 Å². The van der Waals surface area contributed by atoms with Gasteiger partial charge in [0.2, 0.25) is 10.0 Å². The van der Waals surface area contributed by atoms with Gasteiger partial charge in [-0.1, -0.05) is 36.6 Å². The van der Waals surface area contributed by atoms with Crippen molar-refractivity contribution in [2.24, 2.45) is 0 Å². The van der Waals surface area contributed by atoms with Crippen LogP contribution >= 0.6 is 0 Å². The number of likely N-dealkylation sites (N-methyl/N-ethyl adjacent to an activating group) is 1. The highest BCUT2D eigenvalue weighted by Gasteiger charge is 2.50. The summed E-state index contributed by atoms with van der Waals surface area (Å²) >= 11 is 0. The molecule has 173 valence electrons. The molecule has 1 N–H and O–H groups in total. The lowest BCUT2D eigenvalue weighted by Crippen LogP contribution is -2.54. The molecule has 0 unspecified atom stereocenters. The number of ketones is 1. The Hall–Kier alpha value is -2.77. The number of pyridine rings is 1. The molecule has 1 fully saturated rings. The van der Waals surface area contributed by atoms with Crippen LogP contribution in [0.5, 0.6) is 0 Å². The summed E-state index contributed by atoms with van der Waals surface area (Å²) in [5, 5.41) is 3.37. The van der Waals surface area contributed by atoms with Crippen LogP contribution in [0, 0.1) is 13.3 Å². The quantitative estimate of drug-likeness (QED) is 0.636. The molecule has 1 aromatic heterocycles. The molecule has 1 aromatic carbocycles. The lowest BCUT2D eigenvalue weighted by atomic mass is 9.84. The Morgan fingerprint density at radius 1 is 1.09 bits per heavy atom. The first-order valence-corrected chi connectivity index (χ1v) is 12.8. The Kier molecular flexibility index (Phi) is 6.81. The second-order valence-corrected chi connectivity index (χ2v) is 10.7. The van der Waals surface area contributed by atoms with Crippen molar-refractivity contribution >= 4 is 15.8 Å². The Bertz CT molecular complexity index is 1160. The Morgan fingerprint density at radius 3 is 2.42 bits per heavy atom. The highest BCUT2D eigenvalue weighted by atomic mass is 32.2. The van der Waals surface area contributed by atoms with Crippen molar-refractivity contribution in [2.45, 2.75) is 56.0 Å². The maximum atomic E-state index is 13.8. The molecule has 0 bridgehead atoms. The predicted octanol–water partition coefficient (Wildman–Crippen LogP) is 4.10. The molecule has 0 atom stereocenters. The van der Waals surface area contributed by atoms with Gasteiger partial charge in [0.15, 0.2) is 5.78 Å². The number of carbonyl (C=O) groups excluding carboxylic acids is 1. The minimum Gasteiger partial charge on any atom is -0.381 e. The predicted molar refractivity (Wildman–Crippen MR) is 128 cm³/mol. The van der Waals surface area contributed by atoms with Crippen molar-refractivity contribution in [1.29, 1.82) is 0 Å². The fraction of sp³-hybridized carbons (Fsp3) is 0.346. The van der Waals surface area contributed by atoms with Crippen molar-refractivity contribution in [3.8, 4) is 0 Å². The highest BCUT2D eigenvalue weighted by molar-refractivity contribution is 7.89. The zero-order chi connectivity index (χ0) is 23.5. The van der Waals surface area contributed by atoms with Crippen LogP contribution in [0.1, 0.15) is 43.2 Å². The van der Waals surface area contributed by atoms with E-state index in [4.69, 9.17) is 0 Å². The smallest absolute Gasteiger partial charge is 0.243 e. The van der Waals surface area contributed by atoms with E-state index < -0.39 is 15.6 Å². The summed E-state index contributed by atoms with van der Waals surface area (Å²) in [5.74, 6) is -0.116. The van der Waals surface area contributed by atoms with E-state index in [2.05, 4.69) is 10.3 Å². The fourth-order valence-electron chi connectivity index (χ4n) is 4.60. The SMILES string of the molecule is Cc1ccc(S(=O)(=O)N(C)C2(C(=O)C3=CC(NCc4ccncc4)=CC[CH]3)CCCC2)cc1. The Labute approximate surface area is 196 Å². The first-order chi connectivity index (χ1) is 15.8. The number of sulfonamides is 1. The maximum Gasteiger partial charge on any atom is 0.243 e. The highest BCUT2D eigenvalue weighted by Crippen LogP contribution is 2.41. The number of rotatable bonds is 8. The maximum absolute atomic E-state index is 13.8. The first-order valence-electron chi connectivity index (χ1n) is 11.3. The van der Waals surface area contributed by atoms with Crippen molar-refractivity contribution in [3.63, 3.8) is 0 Å². The van der Waals surface area contributed by atoms with E-state index in [-0.39, 0.29) is 10.7 Å². The normalized spacial score (nSPS) is 18.0. The Balaban J connectivity index is 1.58. The minimum atomic E-state index is -3.81. The van der Waals surface area contributed by atoms with Crippen molar-refractivity contribution in [1.82, 2.24) is 14.6 Å². The molecule has 33 heavy (non-hydrogen) atoms. The molecule has 7 heteroatoms. The van der Waals surface area contributed by atoms with E-state index >= 15 is 0 Å². The summed E-state index contributed by atoms with van der Waals surface area (Å²) in [7, 11) is -2.25. The summed E-state index contributed by atoms with van der Waals surface area (Å²) in [6, 6.07) is 10.7. The van der Waals surface area contributed by atoms with Crippen LogP contribution < -0.4 is 5.32 Å². The molecular weight excluding hydrogens is 434 g/mol. The molecule has 0 saturated heterocycles. The van der Waals surface area contributed by atoms with Gasteiger partial charge in [0.05, 0.1) is 10.4 Å². The Morgan fingerprint density at radius 2 is 1.76 bits per heavy atom. The molecular formula is C26H30N3O3S. The van der Waals surface area contributed by atoms with Crippen LogP contribution in [0.2, 0.25) is 0 Å². The summed E-state index contributed by atoms with van der Waals surface area (Å²) in [6.07, 6.45) is 12.6. The fourth-order valence-corrected chi connectivity index (χ4v) is 6.12. The lowest BCUT2D eigenvalue weighted by molar-refractivity contribution is -0.123. The molecule has 4 rings (SSSR count). The van der Waals surface area contributed by atoms with Gasteiger partial charge in [-0.15, -0.1) is 0 Å². The van der Waals surface area contributed by atoms with Crippen LogP contribution in [0.25, 0.3) is 0 Å². The van der Waals surface area contributed by atoms with E-state index in [9.17, 15) is 13.2 Å².